The molecule has 0 saturated heterocycles. The molecule has 0 amide bonds. The monoisotopic (exact) mass is 396 g/mol. The topological polar surface area (TPSA) is 86.0 Å². The van der Waals surface area contributed by atoms with E-state index in [0.29, 0.717) is 22.5 Å². The lowest BCUT2D eigenvalue weighted by Gasteiger charge is -2.19. The van der Waals surface area contributed by atoms with Crippen molar-refractivity contribution < 1.29 is 23.8 Å². The number of hydrogen-bond acceptors (Lipinski definition) is 5. The smallest absolute Gasteiger partial charge is 0.312 e. The lowest BCUT2D eigenvalue weighted by molar-refractivity contribution is -0.148. The normalized spacial score (nSPS) is 11.4. The van der Waals surface area contributed by atoms with Crippen molar-refractivity contribution in [2.45, 2.75) is 33.6 Å². The van der Waals surface area contributed by atoms with Gasteiger partial charge in [-0.15, -0.1) is 0 Å². The summed E-state index contributed by atoms with van der Waals surface area (Å²) in [5, 5.41) is 9.52. The van der Waals surface area contributed by atoms with Gasteiger partial charge in [-0.05, 0) is 50.1 Å². The van der Waals surface area contributed by atoms with Crippen LogP contribution in [-0.2, 0) is 11.2 Å². The molecule has 0 atom stereocenters. The molecule has 0 aliphatic carbocycles. The van der Waals surface area contributed by atoms with Gasteiger partial charge in [0.05, 0.1) is 10.8 Å². The average molecular weight is 396 g/mol. The molecule has 0 aliphatic rings. The van der Waals surface area contributed by atoms with E-state index in [2.05, 4.69) is 6.92 Å². The Balaban J connectivity index is 1.79. The summed E-state index contributed by atoms with van der Waals surface area (Å²) in [5.74, 6) is 0.137. The van der Waals surface area contributed by atoms with Crippen LogP contribution in [-0.4, -0.2) is 17.7 Å². The first-order valence-electron chi connectivity index (χ1n) is 9.49. The Kier molecular flexibility index (Phi) is 5.92. The number of rotatable bonds is 8. The summed E-state index contributed by atoms with van der Waals surface area (Å²) in [7, 11) is 0. The number of carboxylic acid groups (broad SMARTS) is 1. The molecule has 3 aromatic rings. The van der Waals surface area contributed by atoms with Gasteiger partial charge in [-0.3, -0.25) is 9.59 Å². The van der Waals surface area contributed by atoms with Crippen LogP contribution in [0.3, 0.4) is 0 Å². The van der Waals surface area contributed by atoms with Crippen LogP contribution >= 0.6 is 0 Å². The Morgan fingerprint density at radius 3 is 2.45 bits per heavy atom. The largest absolute Gasteiger partial charge is 0.492 e. The third-order valence-corrected chi connectivity index (χ3v) is 4.58. The van der Waals surface area contributed by atoms with E-state index in [9.17, 15) is 9.59 Å². The fourth-order valence-electron chi connectivity index (χ4n) is 2.72. The molecule has 0 spiro atoms. The maximum Gasteiger partial charge on any atom is 0.312 e. The second-order valence-corrected chi connectivity index (χ2v) is 7.56. The van der Waals surface area contributed by atoms with Crippen molar-refractivity contribution in [2.24, 2.45) is 5.41 Å². The van der Waals surface area contributed by atoms with Gasteiger partial charge in [0, 0.05) is 6.07 Å². The number of fused-ring (bicyclic) bond motifs is 1. The van der Waals surface area contributed by atoms with E-state index in [1.165, 1.54) is 11.8 Å². The zero-order valence-electron chi connectivity index (χ0n) is 16.7. The van der Waals surface area contributed by atoms with Crippen LogP contribution in [0.2, 0.25) is 0 Å². The summed E-state index contributed by atoms with van der Waals surface area (Å²) in [6, 6.07) is 12.4. The second-order valence-electron chi connectivity index (χ2n) is 7.56. The Hall–Kier alpha value is -3.28. The minimum Gasteiger partial charge on any atom is -0.492 e. The van der Waals surface area contributed by atoms with Crippen molar-refractivity contribution in [3.05, 3.63) is 64.5 Å². The molecule has 3 rings (SSSR count). The zero-order valence-corrected chi connectivity index (χ0v) is 16.7. The maximum absolute atomic E-state index is 12.7. The molecule has 29 heavy (non-hydrogen) atoms. The predicted molar refractivity (Wildman–Crippen MR) is 110 cm³/mol. The van der Waals surface area contributed by atoms with Crippen molar-refractivity contribution in [1.82, 2.24) is 0 Å². The maximum atomic E-state index is 12.7. The number of benzene rings is 2. The molecule has 152 valence electrons. The van der Waals surface area contributed by atoms with Crippen molar-refractivity contribution in [3.63, 3.8) is 0 Å². The fourth-order valence-corrected chi connectivity index (χ4v) is 2.72. The molecule has 0 unspecified atom stereocenters. The molecule has 1 N–H and O–H groups in total. The van der Waals surface area contributed by atoms with Crippen LogP contribution in [0.15, 0.2) is 57.9 Å². The average Bonchev–Trinajstić information content (AvgIpc) is 2.70. The summed E-state index contributed by atoms with van der Waals surface area (Å²) in [6.07, 6.45) is 3.33. The van der Waals surface area contributed by atoms with E-state index in [4.69, 9.17) is 19.0 Å². The molecule has 1 heterocycles. The molecule has 1 aromatic heterocycles. The number of ether oxygens (including phenoxy) is 2. The minimum atomic E-state index is -1.03. The molecule has 0 bridgehead atoms. The van der Waals surface area contributed by atoms with Crippen LogP contribution in [0, 0.1) is 5.41 Å². The molecule has 6 heteroatoms. The summed E-state index contributed by atoms with van der Waals surface area (Å²) in [6.45, 7) is 5.27. The number of hydrogen-bond donors (Lipinski definition) is 1. The van der Waals surface area contributed by atoms with Gasteiger partial charge in [-0.1, -0.05) is 25.5 Å². The van der Waals surface area contributed by atoms with Crippen molar-refractivity contribution in [1.29, 1.82) is 0 Å². The standard InChI is InChI=1S/C23H24O6/c1-4-5-15-6-8-16(9-7-15)29-20-13-27-19-12-17(10-11-18(19)21(20)24)28-14-23(2,3)22(25)26/h6-13H,4-5,14H2,1-3H3,(H,25,26). The Bertz CT molecular complexity index is 1060. The van der Waals surface area contributed by atoms with E-state index in [0.717, 1.165) is 12.8 Å². The van der Waals surface area contributed by atoms with Crippen LogP contribution in [0.5, 0.6) is 17.2 Å². The van der Waals surface area contributed by atoms with Crippen molar-refractivity contribution in [3.8, 4) is 17.2 Å². The van der Waals surface area contributed by atoms with E-state index >= 15 is 0 Å². The van der Waals surface area contributed by atoms with E-state index in [1.807, 2.05) is 24.3 Å². The van der Waals surface area contributed by atoms with Gasteiger partial charge in [0.15, 0.2) is 0 Å². The van der Waals surface area contributed by atoms with Crippen LogP contribution in [0.4, 0.5) is 0 Å². The highest BCUT2D eigenvalue weighted by Crippen LogP contribution is 2.25. The van der Waals surface area contributed by atoms with Gasteiger partial charge < -0.3 is 19.0 Å². The van der Waals surface area contributed by atoms with Gasteiger partial charge >= 0.3 is 5.97 Å². The van der Waals surface area contributed by atoms with Gasteiger partial charge in [-0.2, -0.15) is 0 Å². The van der Waals surface area contributed by atoms with Crippen LogP contribution in [0.1, 0.15) is 32.8 Å². The SMILES string of the molecule is CCCc1ccc(Oc2coc3cc(OCC(C)(C)C(=O)O)ccc3c2=O)cc1. The highest BCUT2D eigenvalue weighted by atomic mass is 16.5. The fraction of sp³-hybridized carbons (Fsp3) is 0.304. The van der Waals surface area contributed by atoms with Crippen molar-refractivity contribution in [2.75, 3.05) is 6.61 Å². The molecule has 2 aromatic carbocycles. The summed E-state index contributed by atoms with van der Waals surface area (Å²) in [4.78, 5) is 23.9. The van der Waals surface area contributed by atoms with Crippen LogP contribution < -0.4 is 14.9 Å². The van der Waals surface area contributed by atoms with Gasteiger partial charge in [0.2, 0.25) is 11.2 Å². The van der Waals surface area contributed by atoms with Crippen molar-refractivity contribution >= 4 is 16.9 Å². The molecule has 0 radical (unpaired) electrons. The number of aryl methyl sites for hydroxylation is 1. The summed E-state index contributed by atoms with van der Waals surface area (Å²) in [5.41, 5.74) is 0.233. The Morgan fingerprint density at radius 2 is 1.79 bits per heavy atom. The van der Waals surface area contributed by atoms with E-state index in [-0.39, 0.29) is 17.8 Å². The predicted octanol–water partition coefficient (Wildman–Crippen LogP) is 5.03. The molecular weight excluding hydrogens is 372 g/mol. The quantitative estimate of drug-likeness (QED) is 0.575. The second kappa shape index (κ2) is 8.39. The first-order valence-corrected chi connectivity index (χ1v) is 9.49. The molecule has 0 fully saturated rings. The molecule has 0 aliphatic heterocycles. The third-order valence-electron chi connectivity index (χ3n) is 4.58. The van der Waals surface area contributed by atoms with E-state index < -0.39 is 11.4 Å². The highest BCUT2D eigenvalue weighted by molar-refractivity contribution is 5.79. The van der Waals surface area contributed by atoms with Crippen LogP contribution in [0.25, 0.3) is 11.0 Å². The van der Waals surface area contributed by atoms with Gasteiger partial charge in [0.1, 0.15) is 30.0 Å². The van der Waals surface area contributed by atoms with Gasteiger partial charge in [0.25, 0.3) is 0 Å². The first-order chi connectivity index (χ1) is 13.8. The number of carboxylic acids is 1. The first kappa shape index (κ1) is 20.5. The third kappa shape index (κ3) is 4.77. The molecule has 0 saturated carbocycles. The lowest BCUT2D eigenvalue weighted by atomic mass is 9.95. The lowest BCUT2D eigenvalue weighted by Crippen LogP contribution is -2.30. The summed E-state index contributed by atoms with van der Waals surface area (Å²) < 4.78 is 16.8. The Morgan fingerprint density at radius 1 is 1.10 bits per heavy atom. The van der Waals surface area contributed by atoms with E-state index in [1.54, 1.807) is 32.0 Å². The molecule has 6 nitrogen and oxygen atoms in total. The van der Waals surface area contributed by atoms with Gasteiger partial charge in [-0.25, -0.2) is 0 Å². The summed E-state index contributed by atoms with van der Waals surface area (Å²) >= 11 is 0. The minimum absolute atomic E-state index is 0.00665. The highest BCUT2D eigenvalue weighted by Gasteiger charge is 2.28. The number of carbonyl (C=O) groups is 1. The Labute approximate surface area is 168 Å². The molecular formula is C23H24O6. The zero-order chi connectivity index (χ0) is 21.0. The number of aliphatic carboxylic acids is 1.